The Bertz CT molecular complexity index is 651. The van der Waals surface area contributed by atoms with Gasteiger partial charge in [0.25, 0.3) is 0 Å². The van der Waals surface area contributed by atoms with E-state index in [4.69, 9.17) is 4.99 Å². The second kappa shape index (κ2) is 9.53. The van der Waals surface area contributed by atoms with Crippen LogP contribution >= 0.6 is 11.3 Å². The van der Waals surface area contributed by atoms with Crippen LogP contribution in [0.15, 0.2) is 10.4 Å². The number of aromatic nitrogens is 1. The molecule has 1 unspecified atom stereocenters. The van der Waals surface area contributed by atoms with Crippen LogP contribution in [0, 0.1) is 5.92 Å². The average molecular weight is 392 g/mol. The Balaban J connectivity index is 1.53. The maximum atomic E-state index is 12.6. The zero-order chi connectivity index (χ0) is 19.2. The molecule has 0 spiro atoms. The summed E-state index contributed by atoms with van der Waals surface area (Å²) in [5.74, 6) is 1.91. The molecule has 7 heteroatoms. The quantitative estimate of drug-likeness (QED) is 0.577. The van der Waals surface area contributed by atoms with Crippen molar-refractivity contribution in [1.82, 2.24) is 20.5 Å². The van der Waals surface area contributed by atoms with Crippen molar-refractivity contribution < 1.29 is 4.79 Å². The minimum absolute atomic E-state index is 0.269. The van der Waals surface area contributed by atoms with Crippen LogP contribution in [0.4, 0.5) is 0 Å². The van der Waals surface area contributed by atoms with Gasteiger partial charge in [0.15, 0.2) is 5.96 Å². The highest BCUT2D eigenvalue weighted by molar-refractivity contribution is 7.09. The first-order valence-electron chi connectivity index (χ1n) is 10.3. The van der Waals surface area contributed by atoms with Gasteiger partial charge in [-0.3, -0.25) is 4.79 Å². The molecule has 0 bridgehead atoms. The average Bonchev–Trinajstić information content (AvgIpc) is 3.40. The summed E-state index contributed by atoms with van der Waals surface area (Å²) in [6.45, 7) is 9.44. The van der Waals surface area contributed by atoms with Gasteiger partial charge in [0.2, 0.25) is 5.91 Å². The van der Waals surface area contributed by atoms with Crippen molar-refractivity contribution in [3.8, 4) is 0 Å². The first-order chi connectivity index (χ1) is 13.1. The van der Waals surface area contributed by atoms with Crippen molar-refractivity contribution in [2.75, 3.05) is 19.6 Å². The Morgan fingerprint density at radius 1 is 1.37 bits per heavy atom. The normalized spacial score (nSPS) is 21.3. The summed E-state index contributed by atoms with van der Waals surface area (Å²) in [6.07, 6.45) is 5.54. The highest BCUT2D eigenvalue weighted by atomic mass is 32.1. The number of nitrogens with one attached hydrogen (secondary N) is 2. The molecule has 1 saturated heterocycles. The fourth-order valence-corrected chi connectivity index (χ4v) is 4.67. The van der Waals surface area contributed by atoms with E-state index < -0.39 is 0 Å². The topological polar surface area (TPSA) is 69.6 Å². The number of thiazole rings is 1. The first kappa shape index (κ1) is 20.1. The van der Waals surface area contributed by atoms with E-state index >= 15 is 0 Å². The second-order valence-corrected chi connectivity index (χ2v) is 8.81. The van der Waals surface area contributed by atoms with Gasteiger partial charge in [-0.1, -0.05) is 26.7 Å². The Kier molecular flexibility index (Phi) is 7.10. The molecule has 3 rings (SSSR count). The molecule has 2 aliphatic rings. The smallest absolute Gasteiger partial charge is 0.225 e. The molecule has 1 aromatic heterocycles. The number of carbonyl (C=O) groups is 1. The molecule has 27 heavy (non-hydrogen) atoms. The van der Waals surface area contributed by atoms with E-state index in [1.165, 1.54) is 12.8 Å². The number of hydrogen-bond donors (Lipinski definition) is 2. The highest BCUT2D eigenvalue weighted by Crippen LogP contribution is 2.27. The lowest BCUT2D eigenvalue weighted by Gasteiger charge is -2.21. The van der Waals surface area contributed by atoms with Crippen molar-refractivity contribution in [3.63, 3.8) is 0 Å². The van der Waals surface area contributed by atoms with Crippen molar-refractivity contribution >= 4 is 23.2 Å². The molecule has 6 nitrogen and oxygen atoms in total. The van der Waals surface area contributed by atoms with Gasteiger partial charge in [-0.15, -0.1) is 11.3 Å². The van der Waals surface area contributed by atoms with E-state index in [-0.39, 0.29) is 12.0 Å². The molecule has 2 N–H and O–H groups in total. The van der Waals surface area contributed by atoms with Crippen molar-refractivity contribution in [1.29, 1.82) is 0 Å². The molecule has 1 amide bonds. The Morgan fingerprint density at radius 3 is 2.81 bits per heavy atom. The van der Waals surface area contributed by atoms with Gasteiger partial charge in [0.1, 0.15) is 0 Å². The SMILES string of the molecule is CCNC(=NCc1csc(C(C)C)n1)NC1CCN(C(=O)C2CCCC2)C1. The zero-order valence-electron chi connectivity index (χ0n) is 16.8. The summed E-state index contributed by atoms with van der Waals surface area (Å²) in [6, 6.07) is 0.273. The number of rotatable bonds is 6. The van der Waals surface area contributed by atoms with Crippen LogP contribution in [-0.2, 0) is 11.3 Å². The summed E-state index contributed by atoms with van der Waals surface area (Å²) in [5, 5.41) is 10.1. The molecule has 1 atom stereocenters. The molecule has 1 aromatic rings. The molecular formula is C20H33N5OS. The maximum absolute atomic E-state index is 12.6. The van der Waals surface area contributed by atoms with Crippen LogP contribution < -0.4 is 10.6 Å². The molecular weight excluding hydrogens is 358 g/mol. The van der Waals surface area contributed by atoms with E-state index in [9.17, 15) is 4.79 Å². The minimum Gasteiger partial charge on any atom is -0.357 e. The number of likely N-dealkylation sites (tertiary alicyclic amines) is 1. The lowest BCUT2D eigenvalue weighted by molar-refractivity contribution is -0.134. The van der Waals surface area contributed by atoms with E-state index in [1.54, 1.807) is 11.3 Å². The molecule has 0 radical (unpaired) electrons. The van der Waals surface area contributed by atoms with E-state index in [1.807, 2.05) is 4.90 Å². The number of amides is 1. The van der Waals surface area contributed by atoms with E-state index in [0.29, 0.717) is 18.4 Å². The molecule has 1 saturated carbocycles. The number of aliphatic imine (C=N–C) groups is 1. The van der Waals surface area contributed by atoms with E-state index in [0.717, 1.165) is 55.6 Å². The van der Waals surface area contributed by atoms with Crippen LogP contribution in [0.5, 0.6) is 0 Å². The van der Waals surface area contributed by atoms with Gasteiger partial charge in [0, 0.05) is 42.9 Å². The fraction of sp³-hybridized carbons (Fsp3) is 0.750. The van der Waals surface area contributed by atoms with Crippen LogP contribution in [0.3, 0.4) is 0 Å². The molecule has 0 aromatic carbocycles. The summed E-state index contributed by atoms with van der Waals surface area (Å²) >= 11 is 1.71. The predicted octanol–water partition coefficient (Wildman–Crippen LogP) is 3.11. The molecule has 1 aliphatic carbocycles. The van der Waals surface area contributed by atoms with Crippen LogP contribution in [-0.4, -0.2) is 47.4 Å². The summed E-state index contributed by atoms with van der Waals surface area (Å²) in [5.41, 5.74) is 1.02. The van der Waals surface area contributed by atoms with Gasteiger partial charge < -0.3 is 15.5 Å². The first-order valence-corrected chi connectivity index (χ1v) is 11.2. The van der Waals surface area contributed by atoms with E-state index in [2.05, 4.69) is 41.8 Å². The standard InChI is InChI=1S/C20H33N5OS/c1-4-21-20(22-11-17-13-27-18(23-17)14(2)3)24-16-9-10-25(12-16)19(26)15-7-5-6-8-15/h13-16H,4-12H2,1-3H3,(H2,21,22,24). The third kappa shape index (κ3) is 5.43. The number of nitrogens with zero attached hydrogens (tertiary/aromatic N) is 3. The van der Waals surface area contributed by atoms with Crippen LogP contribution in [0.2, 0.25) is 0 Å². The van der Waals surface area contributed by atoms with Crippen molar-refractivity contribution in [2.24, 2.45) is 10.9 Å². The largest absolute Gasteiger partial charge is 0.357 e. The summed E-state index contributed by atoms with van der Waals surface area (Å²) in [7, 11) is 0. The maximum Gasteiger partial charge on any atom is 0.225 e. The molecule has 2 fully saturated rings. The van der Waals surface area contributed by atoms with Crippen LogP contribution in [0.1, 0.15) is 69.5 Å². The zero-order valence-corrected chi connectivity index (χ0v) is 17.6. The predicted molar refractivity (Wildman–Crippen MR) is 111 cm³/mol. The highest BCUT2D eigenvalue weighted by Gasteiger charge is 2.32. The number of hydrogen-bond acceptors (Lipinski definition) is 4. The number of carbonyl (C=O) groups excluding carboxylic acids is 1. The fourth-order valence-electron chi connectivity index (χ4n) is 3.84. The Morgan fingerprint density at radius 2 is 2.15 bits per heavy atom. The third-order valence-electron chi connectivity index (χ3n) is 5.35. The van der Waals surface area contributed by atoms with Gasteiger partial charge in [0.05, 0.1) is 17.2 Å². The van der Waals surface area contributed by atoms with Crippen molar-refractivity contribution in [3.05, 3.63) is 16.1 Å². The van der Waals surface area contributed by atoms with Crippen molar-refractivity contribution in [2.45, 2.75) is 71.4 Å². The monoisotopic (exact) mass is 391 g/mol. The van der Waals surface area contributed by atoms with Gasteiger partial charge in [-0.25, -0.2) is 9.98 Å². The Labute approximate surface area is 166 Å². The van der Waals surface area contributed by atoms with Gasteiger partial charge in [-0.2, -0.15) is 0 Å². The molecule has 1 aliphatic heterocycles. The lowest BCUT2D eigenvalue weighted by Crippen LogP contribution is -2.45. The lowest BCUT2D eigenvalue weighted by atomic mass is 10.1. The summed E-state index contributed by atoms with van der Waals surface area (Å²) < 4.78 is 0. The third-order valence-corrected chi connectivity index (χ3v) is 6.55. The second-order valence-electron chi connectivity index (χ2n) is 7.92. The van der Waals surface area contributed by atoms with Gasteiger partial charge >= 0.3 is 0 Å². The minimum atomic E-state index is 0.269. The summed E-state index contributed by atoms with van der Waals surface area (Å²) in [4.78, 5) is 24.0. The van der Waals surface area contributed by atoms with Gasteiger partial charge in [-0.05, 0) is 26.2 Å². The van der Waals surface area contributed by atoms with Crippen LogP contribution in [0.25, 0.3) is 0 Å². The molecule has 150 valence electrons. The number of guanidine groups is 1. The molecule has 2 heterocycles. The Hall–Kier alpha value is -1.63.